The summed E-state index contributed by atoms with van der Waals surface area (Å²) in [5, 5.41) is 6.34. The van der Waals surface area contributed by atoms with E-state index >= 15 is 0 Å². The summed E-state index contributed by atoms with van der Waals surface area (Å²) in [7, 11) is 1.52. The van der Waals surface area contributed by atoms with Crippen LogP contribution in [-0.2, 0) is 9.59 Å². The van der Waals surface area contributed by atoms with Crippen LogP contribution in [0.4, 0.5) is 5.69 Å². The maximum atomic E-state index is 12.4. The Kier molecular flexibility index (Phi) is 6.09. The lowest BCUT2D eigenvalue weighted by Gasteiger charge is -2.13. The number of methoxy groups -OCH3 is 1. The molecule has 1 saturated carbocycles. The van der Waals surface area contributed by atoms with Gasteiger partial charge in [-0.05, 0) is 31.4 Å². The molecule has 1 aliphatic heterocycles. The standard InChI is InChI=1S/C18H22ClN3O3S/c1-10-7-13(14(25-2)8-12(10)19)21-16(23)9-15-17(24)22-18(26-15)20-11-5-3-4-6-11/h7-8,11,15H,3-6,9H2,1-2H3,(H,21,23)(H,20,22,24)/t15-/m0/s1. The van der Waals surface area contributed by atoms with Crippen molar-refractivity contribution in [2.45, 2.75) is 50.3 Å². The maximum Gasteiger partial charge on any atom is 0.240 e. The van der Waals surface area contributed by atoms with Gasteiger partial charge in [-0.1, -0.05) is 36.2 Å². The van der Waals surface area contributed by atoms with Gasteiger partial charge in [-0.2, -0.15) is 0 Å². The van der Waals surface area contributed by atoms with Crippen molar-refractivity contribution in [2.75, 3.05) is 12.4 Å². The third kappa shape index (κ3) is 4.51. The number of hydrogen-bond donors (Lipinski definition) is 2. The minimum Gasteiger partial charge on any atom is -0.495 e. The number of amidine groups is 1. The molecule has 2 aliphatic rings. The van der Waals surface area contributed by atoms with Gasteiger partial charge in [0.05, 0.1) is 18.8 Å². The fraction of sp³-hybridized carbons (Fsp3) is 0.500. The van der Waals surface area contributed by atoms with Gasteiger partial charge in [0.2, 0.25) is 11.8 Å². The van der Waals surface area contributed by atoms with Crippen molar-refractivity contribution >= 4 is 46.0 Å². The van der Waals surface area contributed by atoms with E-state index in [9.17, 15) is 9.59 Å². The van der Waals surface area contributed by atoms with Crippen LogP contribution < -0.4 is 15.4 Å². The average molecular weight is 396 g/mol. The Morgan fingerprint density at radius 2 is 2.15 bits per heavy atom. The zero-order valence-corrected chi connectivity index (χ0v) is 16.4. The number of anilines is 1. The minimum atomic E-state index is -0.463. The molecular weight excluding hydrogens is 374 g/mol. The Balaban J connectivity index is 1.61. The fourth-order valence-corrected chi connectivity index (χ4v) is 4.29. The lowest BCUT2D eigenvalue weighted by molar-refractivity contribution is -0.122. The summed E-state index contributed by atoms with van der Waals surface area (Å²) in [6, 6.07) is 3.72. The highest BCUT2D eigenvalue weighted by molar-refractivity contribution is 8.15. The fourth-order valence-electron chi connectivity index (χ4n) is 3.10. The first-order valence-corrected chi connectivity index (χ1v) is 9.91. The molecule has 140 valence electrons. The Morgan fingerprint density at radius 3 is 2.85 bits per heavy atom. The normalized spacial score (nSPS) is 21.9. The highest BCUT2D eigenvalue weighted by Gasteiger charge is 2.33. The number of carbonyl (C=O) groups is 2. The number of carbonyl (C=O) groups excluding carboxylic acids is 2. The summed E-state index contributed by atoms with van der Waals surface area (Å²) in [4.78, 5) is 29.1. The van der Waals surface area contributed by atoms with Gasteiger partial charge >= 0.3 is 0 Å². The number of nitrogens with zero attached hydrogens (tertiary/aromatic N) is 1. The van der Waals surface area contributed by atoms with Gasteiger partial charge in [0.25, 0.3) is 0 Å². The minimum absolute atomic E-state index is 0.0744. The van der Waals surface area contributed by atoms with Gasteiger partial charge in [-0.25, -0.2) is 0 Å². The van der Waals surface area contributed by atoms with Crippen LogP contribution in [0.2, 0.25) is 5.02 Å². The van der Waals surface area contributed by atoms with Crippen molar-refractivity contribution < 1.29 is 14.3 Å². The Morgan fingerprint density at radius 1 is 1.42 bits per heavy atom. The first-order valence-electron chi connectivity index (χ1n) is 8.65. The predicted molar refractivity (Wildman–Crippen MR) is 105 cm³/mol. The summed E-state index contributed by atoms with van der Waals surface area (Å²) in [5.41, 5.74) is 1.38. The van der Waals surface area contributed by atoms with E-state index in [0.29, 0.717) is 27.7 Å². The molecule has 1 aliphatic carbocycles. The molecule has 0 aromatic heterocycles. The lowest BCUT2D eigenvalue weighted by Crippen LogP contribution is -2.28. The largest absolute Gasteiger partial charge is 0.495 e. The molecule has 8 heteroatoms. The number of nitrogens with one attached hydrogen (secondary N) is 2. The molecule has 2 amide bonds. The van der Waals surface area contributed by atoms with Crippen LogP contribution >= 0.6 is 23.4 Å². The average Bonchev–Trinajstić information content (AvgIpc) is 3.21. The Labute approximate surface area is 162 Å². The maximum absolute atomic E-state index is 12.4. The van der Waals surface area contributed by atoms with E-state index < -0.39 is 5.25 Å². The quantitative estimate of drug-likeness (QED) is 0.799. The van der Waals surface area contributed by atoms with Gasteiger partial charge in [-0.15, -0.1) is 0 Å². The van der Waals surface area contributed by atoms with Gasteiger partial charge in [0.1, 0.15) is 11.0 Å². The van der Waals surface area contributed by atoms with Crippen molar-refractivity contribution in [1.29, 1.82) is 0 Å². The molecule has 1 aromatic rings. The van der Waals surface area contributed by atoms with Crippen LogP contribution in [0.15, 0.2) is 17.1 Å². The van der Waals surface area contributed by atoms with E-state index in [0.717, 1.165) is 18.4 Å². The van der Waals surface area contributed by atoms with E-state index in [4.69, 9.17) is 16.3 Å². The summed E-state index contributed by atoms with van der Waals surface area (Å²) in [5.74, 6) is 0.0712. The van der Waals surface area contributed by atoms with Crippen LogP contribution in [-0.4, -0.2) is 35.4 Å². The molecule has 1 atom stereocenters. The molecule has 3 rings (SSSR count). The topological polar surface area (TPSA) is 79.8 Å². The van der Waals surface area contributed by atoms with Crippen molar-refractivity contribution in [2.24, 2.45) is 4.99 Å². The van der Waals surface area contributed by atoms with Crippen LogP contribution in [0, 0.1) is 6.92 Å². The zero-order valence-electron chi connectivity index (χ0n) is 14.8. The molecule has 2 fully saturated rings. The summed E-state index contributed by atoms with van der Waals surface area (Å²) < 4.78 is 5.26. The monoisotopic (exact) mass is 395 g/mol. The van der Waals surface area contributed by atoms with Crippen LogP contribution in [0.3, 0.4) is 0 Å². The van der Waals surface area contributed by atoms with E-state index in [1.54, 1.807) is 12.1 Å². The summed E-state index contributed by atoms with van der Waals surface area (Å²) >= 11 is 7.42. The molecule has 0 radical (unpaired) electrons. The smallest absolute Gasteiger partial charge is 0.240 e. The van der Waals surface area contributed by atoms with Crippen molar-refractivity contribution in [3.63, 3.8) is 0 Å². The second kappa shape index (κ2) is 8.31. The lowest BCUT2D eigenvalue weighted by atomic mass is 10.2. The Bertz CT molecular complexity index is 747. The van der Waals surface area contributed by atoms with Crippen LogP contribution in [0.1, 0.15) is 37.7 Å². The number of amides is 2. The number of aliphatic imine (C=N–C) groups is 1. The number of thioether (sulfide) groups is 1. The van der Waals surface area contributed by atoms with E-state index in [1.165, 1.54) is 31.7 Å². The first-order chi connectivity index (χ1) is 12.5. The van der Waals surface area contributed by atoms with Crippen LogP contribution in [0.5, 0.6) is 5.75 Å². The third-order valence-corrected chi connectivity index (χ3v) is 6.03. The molecule has 0 bridgehead atoms. The summed E-state index contributed by atoms with van der Waals surface area (Å²) in [6.07, 6.45) is 4.59. The van der Waals surface area contributed by atoms with E-state index in [1.807, 2.05) is 6.92 Å². The van der Waals surface area contributed by atoms with Gasteiger partial charge in [-0.3, -0.25) is 14.6 Å². The van der Waals surface area contributed by atoms with Crippen molar-refractivity contribution in [3.05, 3.63) is 22.7 Å². The number of benzene rings is 1. The zero-order chi connectivity index (χ0) is 18.7. The van der Waals surface area contributed by atoms with Crippen molar-refractivity contribution in [1.82, 2.24) is 5.32 Å². The molecule has 6 nitrogen and oxygen atoms in total. The van der Waals surface area contributed by atoms with Crippen molar-refractivity contribution in [3.8, 4) is 5.75 Å². The second-order valence-corrected chi connectivity index (χ2v) is 8.12. The highest BCUT2D eigenvalue weighted by atomic mass is 35.5. The van der Waals surface area contributed by atoms with Gasteiger partial charge in [0, 0.05) is 17.5 Å². The molecule has 1 saturated heterocycles. The summed E-state index contributed by atoms with van der Waals surface area (Å²) in [6.45, 7) is 1.85. The van der Waals surface area contributed by atoms with Gasteiger partial charge in [0.15, 0.2) is 5.17 Å². The number of aryl methyl sites for hydroxylation is 1. The number of halogens is 1. The molecule has 0 spiro atoms. The molecule has 0 unspecified atom stereocenters. The number of rotatable bonds is 5. The number of hydrogen-bond acceptors (Lipinski definition) is 5. The molecule has 1 heterocycles. The highest BCUT2D eigenvalue weighted by Crippen LogP contribution is 2.32. The number of ether oxygens (including phenoxy) is 1. The third-order valence-electron chi connectivity index (χ3n) is 4.53. The molecular formula is C18H22ClN3O3S. The molecule has 1 aromatic carbocycles. The second-order valence-electron chi connectivity index (χ2n) is 6.52. The molecule has 26 heavy (non-hydrogen) atoms. The first kappa shape index (κ1) is 19.0. The Hall–Kier alpha value is -1.73. The predicted octanol–water partition coefficient (Wildman–Crippen LogP) is 3.52. The van der Waals surface area contributed by atoms with Gasteiger partial charge < -0.3 is 15.4 Å². The SMILES string of the molecule is COc1cc(Cl)c(C)cc1NC(=O)C[C@@H]1SC(=NC2CCCC2)NC1=O. The van der Waals surface area contributed by atoms with Crippen LogP contribution in [0.25, 0.3) is 0 Å². The molecule has 2 N–H and O–H groups in total. The van der Waals surface area contributed by atoms with E-state index in [-0.39, 0.29) is 18.2 Å². The van der Waals surface area contributed by atoms with E-state index in [2.05, 4.69) is 15.6 Å².